The second-order valence-corrected chi connectivity index (χ2v) is 7.37. The molecule has 2 atom stereocenters. The van der Waals surface area contributed by atoms with Crippen LogP contribution in [0.4, 0.5) is 0 Å². The Kier molecular flexibility index (Phi) is 3.58. The van der Waals surface area contributed by atoms with Crippen molar-refractivity contribution in [1.29, 1.82) is 0 Å². The lowest BCUT2D eigenvalue weighted by Crippen LogP contribution is -2.21. The molecular weight excluding hydrogens is 216 g/mol. The van der Waals surface area contributed by atoms with Crippen LogP contribution in [0.2, 0.25) is 0 Å². The average Bonchev–Trinajstić information content (AvgIpc) is 2.40. The van der Waals surface area contributed by atoms with Crippen molar-refractivity contribution in [2.45, 2.75) is 66.7 Å². The van der Waals surface area contributed by atoms with E-state index in [9.17, 15) is 0 Å². The Morgan fingerprint density at radius 1 is 1.06 bits per heavy atom. The SMILES string of the molecule is Cc1cc2c(cc1C)C(C)CC(C(C)(C)C)CC2. The van der Waals surface area contributed by atoms with Gasteiger partial charge < -0.3 is 0 Å². The number of aryl methyl sites for hydroxylation is 3. The van der Waals surface area contributed by atoms with E-state index in [1.807, 2.05) is 0 Å². The van der Waals surface area contributed by atoms with Gasteiger partial charge in [-0.1, -0.05) is 39.8 Å². The monoisotopic (exact) mass is 244 g/mol. The van der Waals surface area contributed by atoms with Crippen LogP contribution in [-0.4, -0.2) is 0 Å². The third kappa shape index (κ3) is 2.63. The second kappa shape index (κ2) is 4.72. The molecule has 0 heterocycles. The zero-order valence-corrected chi connectivity index (χ0v) is 12.9. The lowest BCUT2D eigenvalue weighted by Gasteiger charge is -2.31. The highest BCUT2D eigenvalue weighted by Crippen LogP contribution is 2.41. The first-order valence-electron chi connectivity index (χ1n) is 7.39. The lowest BCUT2D eigenvalue weighted by atomic mass is 9.74. The van der Waals surface area contributed by atoms with Gasteiger partial charge in [0.05, 0.1) is 0 Å². The fourth-order valence-corrected chi connectivity index (χ4v) is 3.36. The van der Waals surface area contributed by atoms with Gasteiger partial charge in [-0.05, 0) is 72.6 Å². The van der Waals surface area contributed by atoms with E-state index >= 15 is 0 Å². The van der Waals surface area contributed by atoms with Crippen molar-refractivity contribution in [2.75, 3.05) is 0 Å². The normalized spacial score (nSPS) is 24.6. The molecule has 0 nitrogen and oxygen atoms in total. The first-order chi connectivity index (χ1) is 8.29. The quantitative estimate of drug-likeness (QED) is 0.536. The van der Waals surface area contributed by atoms with Crippen molar-refractivity contribution >= 4 is 0 Å². The Labute approximate surface area is 113 Å². The molecule has 0 aliphatic heterocycles. The van der Waals surface area contributed by atoms with Crippen molar-refractivity contribution in [3.8, 4) is 0 Å². The van der Waals surface area contributed by atoms with Gasteiger partial charge in [-0.3, -0.25) is 0 Å². The zero-order valence-electron chi connectivity index (χ0n) is 12.9. The van der Waals surface area contributed by atoms with Crippen LogP contribution in [0.3, 0.4) is 0 Å². The van der Waals surface area contributed by atoms with Gasteiger partial charge in [0.25, 0.3) is 0 Å². The maximum absolute atomic E-state index is 2.44. The van der Waals surface area contributed by atoms with E-state index < -0.39 is 0 Å². The number of rotatable bonds is 0. The van der Waals surface area contributed by atoms with Gasteiger partial charge in [0, 0.05) is 0 Å². The summed E-state index contributed by atoms with van der Waals surface area (Å²) >= 11 is 0. The number of hydrogen-bond acceptors (Lipinski definition) is 0. The molecule has 2 rings (SSSR count). The van der Waals surface area contributed by atoms with Crippen molar-refractivity contribution in [2.24, 2.45) is 11.3 Å². The molecule has 0 fully saturated rings. The van der Waals surface area contributed by atoms with Crippen LogP contribution in [0.5, 0.6) is 0 Å². The Morgan fingerprint density at radius 2 is 1.67 bits per heavy atom. The van der Waals surface area contributed by atoms with Gasteiger partial charge in [-0.2, -0.15) is 0 Å². The summed E-state index contributed by atoms with van der Waals surface area (Å²) in [5.74, 6) is 1.56. The molecule has 0 saturated carbocycles. The smallest absolute Gasteiger partial charge is 0.0185 e. The standard InChI is InChI=1S/C18H28/c1-12-9-15-7-8-16(18(4,5)6)10-14(3)17(15)11-13(12)2/h9,11,14,16H,7-8,10H2,1-6H3. The fourth-order valence-electron chi connectivity index (χ4n) is 3.36. The lowest BCUT2D eigenvalue weighted by molar-refractivity contribution is 0.207. The van der Waals surface area contributed by atoms with Gasteiger partial charge in [-0.25, -0.2) is 0 Å². The molecule has 1 aliphatic rings. The third-order valence-corrected chi connectivity index (χ3v) is 4.91. The molecule has 0 spiro atoms. The van der Waals surface area contributed by atoms with Crippen LogP contribution >= 0.6 is 0 Å². The maximum atomic E-state index is 2.44. The fraction of sp³-hybridized carbons (Fsp3) is 0.667. The zero-order chi connectivity index (χ0) is 13.5. The van der Waals surface area contributed by atoms with E-state index in [1.54, 1.807) is 11.1 Å². The largest absolute Gasteiger partial charge is 0.0599 e. The predicted octanol–water partition coefficient (Wildman–Crippen LogP) is 5.41. The van der Waals surface area contributed by atoms with E-state index in [2.05, 4.69) is 53.7 Å². The number of fused-ring (bicyclic) bond motifs is 1. The van der Waals surface area contributed by atoms with Gasteiger partial charge in [-0.15, -0.1) is 0 Å². The molecule has 0 amide bonds. The van der Waals surface area contributed by atoms with Gasteiger partial charge in [0.2, 0.25) is 0 Å². The molecule has 2 unspecified atom stereocenters. The summed E-state index contributed by atoms with van der Waals surface area (Å²) in [5.41, 5.74) is 6.58. The molecule has 0 saturated heterocycles. The van der Waals surface area contributed by atoms with Crippen LogP contribution in [0.25, 0.3) is 0 Å². The summed E-state index contributed by atoms with van der Waals surface area (Å²) in [6.07, 6.45) is 3.96. The molecule has 0 aromatic heterocycles. The number of hydrogen-bond donors (Lipinski definition) is 0. The minimum Gasteiger partial charge on any atom is -0.0599 e. The molecule has 1 aliphatic carbocycles. The third-order valence-electron chi connectivity index (χ3n) is 4.91. The summed E-state index contributed by atoms with van der Waals surface area (Å²) in [6, 6.07) is 4.88. The average molecular weight is 244 g/mol. The molecule has 1 aromatic carbocycles. The summed E-state index contributed by atoms with van der Waals surface area (Å²) in [5, 5.41) is 0. The summed E-state index contributed by atoms with van der Waals surface area (Å²) in [6.45, 7) is 14.1. The maximum Gasteiger partial charge on any atom is -0.0185 e. The minimum atomic E-state index is 0.445. The molecule has 100 valence electrons. The Balaban J connectivity index is 2.35. The van der Waals surface area contributed by atoms with E-state index in [-0.39, 0.29) is 0 Å². The first kappa shape index (κ1) is 13.6. The molecule has 0 radical (unpaired) electrons. The summed E-state index contributed by atoms with van der Waals surface area (Å²) < 4.78 is 0. The molecule has 0 bridgehead atoms. The highest BCUT2D eigenvalue weighted by atomic mass is 14.3. The molecule has 0 heteroatoms. The Morgan fingerprint density at radius 3 is 2.28 bits per heavy atom. The van der Waals surface area contributed by atoms with Crippen LogP contribution in [0, 0.1) is 25.2 Å². The first-order valence-corrected chi connectivity index (χ1v) is 7.39. The molecule has 1 aromatic rings. The van der Waals surface area contributed by atoms with Crippen molar-refractivity contribution < 1.29 is 0 Å². The predicted molar refractivity (Wildman–Crippen MR) is 80.2 cm³/mol. The molecular formula is C18H28. The molecule has 0 N–H and O–H groups in total. The van der Waals surface area contributed by atoms with E-state index in [1.165, 1.54) is 30.4 Å². The minimum absolute atomic E-state index is 0.445. The van der Waals surface area contributed by atoms with Crippen LogP contribution in [0.15, 0.2) is 12.1 Å². The topological polar surface area (TPSA) is 0 Å². The highest BCUT2D eigenvalue weighted by Gasteiger charge is 2.29. The highest BCUT2D eigenvalue weighted by molar-refractivity contribution is 5.39. The van der Waals surface area contributed by atoms with Gasteiger partial charge in [0.15, 0.2) is 0 Å². The van der Waals surface area contributed by atoms with E-state index in [4.69, 9.17) is 0 Å². The van der Waals surface area contributed by atoms with Gasteiger partial charge in [0.1, 0.15) is 0 Å². The summed E-state index contributed by atoms with van der Waals surface area (Å²) in [4.78, 5) is 0. The Hall–Kier alpha value is -0.780. The number of benzene rings is 1. The van der Waals surface area contributed by atoms with Crippen LogP contribution < -0.4 is 0 Å². The summed E-state index contributed by atoms with van der Waals surface area (Å²) in [7, 11) is 0. The van der Waals surface area contributed by atoms with Crippen molar-refractivity contribution in [3.05, 3.63) is 34.4 Å². The second-order valence-electron chi connectivity index (χ2n) is 7.37. The Bertz CT molecular complexity index is 434. The van der Waals surface area contributed by atoms with Gasteiger partial charge >= 0.3 is 0 Å². The van der Waals surface area contributed by atoms with E-state index in [0.717, 1.165) is 5.92 Å². The molecule has 18 heavy (non-hydrogen) atoms. The van der Waals surface area contributed by atoms with Crippen LogP contribution in [0.1, 0.15) is 68.7 Å². The van der Waals surface area contributed by atoms with Crippen molar-refractivity contribution in [3.63, 3.8) is 0 Å². The van der Waals surface area contributed by atoms with Crippen molar-refractivity contribution in [1.82, 2.24) is 0 Å². The van der Waals surface area contributed by atoms with Crippen LogP contribution in [-0.2, 0) is 6.42 Å². The van der Waals surface area contributed by atoms with E-state index in [0.29, 0.717) is 11.3 Å².